The minimum Gasteiger partial charge on any atom is -0.462 e. The number of esters is 1. The fraction of sp³-hybridized carbons (Fsp3) is 0.294. The van der Waals surface area contributed by atoms with Gasteiger partial charge in [-0.2, -0.15) is 0 Å². The van der Waals surface area contributed by atoms with Gasteiger partial charge >= 0.3 is 5.97 Å². The molecule has 5 nitrogen and oxygen atoms in total. The summed E-state index contributed by atoms with van der Waals surface area (Å²) in [5.41, 5.74) is 2.11. The highest BCUT2D eigenvalue weighted by Crippen LogP contribution is 2.29. The molecule has 2 heterocycles. The largest absolute Gasteiger partial charge is 0.462 e. The van der Waals surface area contributed by atoms with Crippen molar-refractivity contribution in [2.45, 2.75) is 27.3 Å². The number of aryl methyl sites for hydroxylation is 2. The van der Waals surface area contributed by atoms with Gasteiger partial charge < -0.3 is 14.5 Å². The highest BCUT2D eigenvalue weighted by Gasteiger charge is 2.19. The second kappa shape index (κ2) is 6.42. The number of carbonyl (C=O) groups excluding carboxylic acids is 1. The summed E-state index contributed by atoms with van der Waals surface area (Å²) in [6.45, 7) is 6.59. The number of hydrogen-bond acceptors (Lipinski definition) is 6. The van der Waals surface area contributed by atoms with E-state index < -0.39 is 0 Å². The van der Waals surface area contributed by atoms with Gasteiger partial charge in [-0.05, 0) is 39.0 Å². The number of nitrogens with zero attached hydrogens (tertiary/aromatic N) is 1. The van der Waals surface area contributed by atoms with Crippen LogP contribution >= 0.6 is 11.3 Å². The minimum absolute atomic E-state index is 0.341. The average Bonchev–Trinajstić information content (AvgIpc) is 3.07. The average molecular weight is 330 g/mol. The summed E-state index contributed by atoms with van der Waals surface area (Å²) in [6.07, 6.45) is 1.87. The maximum Gasteiger partial charge on any atom is 0.342 e. The Morgan fingerprint density at radius 1 is 1.39 bits per heavy atom. The predicted molar refractivity (Wildman–Crippen MR) is 91.1 cm³/mol. The van der Waals surface area contributed by atoms with Crippen molar-refractivity contribution in [2.24, 2.45) is 0 Å². The Hall–Kier alpha value is -2.34. The van der Waals surface area contributed by atoms with Gasteiger partial charge in [0.05, 0.1) is 18.2 Å². The molecule has 3 rings (SSSR count). The molecule has 3 aromatic rings. The van der Waals surface area contributed by atoms with Gasteiger partial charge in [-0.1, -0.05) is 0 Å². The van der Waals surface area contributed by atoms with E-state index >= 15 is 0 Å². The molecule has 0 unspecified atom stereocenters. The van der Waals surface area contributed by atoms with Crippen LogP contribution in [0.5, 0.6) is 0 Å². The van der Waals surface area contributed by atoms with Gasteiger partial charge in [-0.3, -0.25) is 0 Å². The molecule has 120 valence electrons. The van der Waals surface area contributed by atoms with Gasteiger partial charge in [-0.15, -0.1) is 11.3 Å². The normalized spacial score (nSPS) is 10.9. The number of anilines is 1. The molecule has 1 aromatic carbocycles. The lowest BCUT2D eigenvalue weighted by atomic mass is 10.1. The van der Waals surface area contributed by atoms with Crippen molar-refractivity contribution in [2.75, 3.05) is 11.9 Å². The van der Waals surface area contributed by atoms with E-state index in [1.54, 1.807) is 25.2 Å². The van der Waals surface area contributed by atoms with Crippen LogP contribution in [0.1, 0.15) is 32.9 Å². The summed E-state index contributed by atoms with van der Waals surface area (Å²) >= 11 is 1.66. The first kappa shape index (κ1) is 15.6. The summed E-state index contributed by atoms with van der Waals surface area (Å²) in [6, 6.07) is 5.73. The third kappa shape index (κ3) is 3.22. The van der Waals surface area contributed by atoms with Crippen molar-refractivity contribution < 1.29 is 13.9 Å². The van der Waals surface area contributed by atoms with E-state index in [0.717, 1.165) is 21.0 Å². The standard InChI is InChI=1S/C17H18N2O3S/c1-4-21-17(20)16-10(2)22-15-6-5-12(7-14(15)16)19-9-13-8-18-11(3)23-13/h5-8,19H,4,9H2,1-3H3. The van der Waals surface area contributed by atoms with Crippen LogP contribution in [-0.4, -0.2) is 17.6 Å². The van der Waals surface area contributed by atoms with Gasteiger partial charge in [-0.25, -0.2) is 9.78 Å². The first-order valence-electron chi connectivity index (χ1n) is 7.44. The van der Waals surface area contributed by atoms with Crippen LogP contribution in [0.4, 0.5) is 5.69 Å². The molecule has 0 aliphatic carbocycles. The zero-order valence-electron chi connectivity index (χ0n) is 13.3. The number of aromatic nitrogens is 1. The molecule has 1 N–H and O–H groups in total. The van der Waals surface area contributed by atoms with Crippen LogP contribution in [0.2, 0.25) is 0 Å². The Labute approximate surface area is 138 Å². The van der Waals surface area contributed by atoms with E-state index in [9.17, 15) is 4.79 Å². The number of nitrogens with one attached hydrogen (secondary N) is 1. The number of hydrogen-bond donors (Lipinski definition) is 1. The second-order valence-electron chi connectivity index (χ2n) is 5.16. The molecule has 23 heavy (non-hydrogen) atoms. The van der Waals surface area contributed by atoms with Crippen molar-refractivity contribution in [3.05, 3.63) is 45.6 Å². The van der Waals surface area contributed by atoms with Crippen molar-refractivity contribution in [3.63, 3.8) is 0 Å². The van der Waals surface area contributed by atoms with Crippen molar-refractivity contribution in [3.8, 4) is 0 Å². The Morgan fingerprint density at radius 3 is 2.91 bits per heavy atom. The third-order valence-corrected chi connectivity index (χ3v) is 4.39. The summed E-state index contributed by atoms with van der Waals surface area (Å²) in [7, 11) is 0. The lowest BCUT2D eigenvalue weighted by molar-refractivity contribution is 0.0526. The molecule has 6 heteroatoms. The van der Waals surface area contributed by atoms with Crippen molar-refractivity contribution in [1.29, 1.82) is 0 Å². The topological polar surface area (TPSA) is 64.4 Å². The van der Waals surface area contributed by atoms with Gasteiger partial charge in [0.2, 0.25) is 0 Å². The number of benzene rings is 1. The number of furan rings is 1. The van der Waals surface area contributed by atoms with Crippen LogP contribution in [0, 0.1) is 13.8 Å². The van der Waals surface area contributed by atoms with Crippen LogP contribution < -0.4 is 5.32 Å². The van der Waals surface area contributed by atoms with E-state index in [1.807, 2.05) is 31.3 Å². The third-order valence-electron chi connectivity index (χ3n) is 3.48. The van der Waals surface area contributed by atoms with Crippen LogP contribution in [0.3, 0.4) is 0 Å². The zero-order valence-corrected chi connectivity index (χ0v) is 14.1. The Bertz CT molecular complexity index is 851. The molecular formula is C17H18N2O3S. The van der Waals surface area contributed by atoms with Gasteiger partial charge in [0.1, 0.15) is 16.9 Å². The molecule has 0 aliphatic heterocycles. The number of fused-ring (bicyclic) bond motifs is 1. The number of ether oxygens (including phenoxy) is 1. The lowest BCUT2D eigenvalue weighted by Crippen LogP contribution is -2.05. The highest BCUT2D eigenvalue weighted by atomic mass is 32.1. The fourth-order valence-corrected chi connectivity index (χ4v) is 3.20. The summed E-state index contributed by atoms with van der Waals surface area (Å²) in [5.74, 6) is 0.229. The molecule has 0 saturated heterocycles. The van der Waals surface area contributed by atoms with Crippen LogP contribution in [0.15, 0.2) is 28.8 Å². The molecule has 2 aromatic heterocycles. The van der Waals surface area contributed by atoms with E-state index in [-0.39, 0.29) is 5.97 Å². The Kier molecular flexibility index (Phi) is 4.34. The van der Waals surface area contributed by atoms with Crippen molar-refractivity contribution in [1.82, 2.24) is 4.98 Å². The van der Waals surface area contributed by atoms with E-state index in [1.165, 1.54) is 0 Å². The van der Waals surface area contributed by atoms with Gasteiger partial charge in [0.15, 0.2) is 0 Å². The lowest BCUT2D eigenvalue weighted by Gasteiger charge is -2.05. The van der Waals surface area contributed by atoms with E-state index in [0.29, 0.717) is 30.1 Å². The maximum absolute atomic E-state index is 12.1. The molecule has 0 atom stereocenters. The van der Waals surface area contributed by atoms with Gasteiger partial charge in [0.25, 0.3) is 0 Å². The molecule has 0 radical (unpaired) electrons. The van der Waals surface area contributed by atoms with Gasteiger partial charge in [0, 0.05) is 22.1 Å². The molecule has 0 bridgehead atoms. The fourth-order valence-electron chi connectivity index (χ4n) is 2.46. The summed E-state index contributed by atoms with van der Waals surface area (Å²) in [5, 5.41) is 5.17. The summed E-state index contributed by atoms with van der Waals surface area (Å²) < 4.78 is 10.8. The smallest absolute Gasteiger partial charge is 0.342 e. The van der Waals surface area contributed by atoms with E-state index in [4.69, 9.17) is 9.15 Å². The van der Waals surface area contributed by atoms with Crippen molar-refractivity contribution >= 4 is 34.0 Å². The molecule has 0 amide bonds. The molecule has 0 spiro atoms. The number of carbonyl (C=O) groups is 1. The molecule has 0 aliphatic rings. The maximum atomic E-state index is 12.1. The first-order chi connectivity index (χ1) is 11.1. The van der Waals surface area contributed by atoms with Crippen LogP contribution in [-0.2, 0) is 11.3 Å². The number of rotatable bonds is 5. The molecule has 0 fully saturated rings. The quantitative estimate of drug-likeness (QED) is 0.707. The monoisotopic (exact) mass is 330 g/mol. The predicted octanol–water partition coefficient (Wildman–Crippen LogP) is 4.29. The SMILES string of the molecule is CCOC(=O)c1c(C)oc2ccc(NCc3cnc(C)s3)cc12. The van der Waals surface area contributed by atoms with Crippen LogP contribution in [0.25, 0.3) is 11.0 Å². The molecular weight excluding hydrogens is 312 g/mol. The van der Waals surface area contributed by atoms with E-state index in [2.05, 4.69) is 10.3 Å². The minimum atomic E-state index is -0.348. The Morgan fingerprint density at radius 2 is 2.22 bits per heavy atom. The first-order valence-corrected chi connectivity index (χ1v) is 8.25. The highest BCUT2D eigenvalue weighted by molar-refractivity contribution is 7.11. The zero-order chi connectivity index (χ0) is 16.4. The Balaban J connectivity index is 1.88. The molecule has 0 saturated carbocycles. The number of thiazole rings is 1. The summed E-state index contributed by atoms with van der Waals surface area (Å²) in [4.78, 5) is 17.5. The second-order valence-corrected chi connectivity index (χ2v) is 6.48.